The molecule has 0 aromatic carbocycles. The lowest BCUT2D eigenvalue weighted by atomic mass is 10.3. The number of hydrogen-bond acceptors (Lipinski definition) is 5. The average Bonchev–Trinajstić information content (AvgIpc) is 3.28. The van der Waals surface area contributed by atoms with Gasteiger partial charge >= 0.3 is 0 Å². The number of carbonyl (C=O) groups is 2. The van der Waals surface area contributed by atoms with Gasteiger partial charge in [0.25, 0.3) is 11.8 Å². The van der Waals surface area contributed by atoms with Gasteiger partial charge in [0.15, 0.2) is 0 Å². The van der Waals surface area contributed by atoms with E-state index in [-0.39, 0.29) is 11.6 Å². The Bertz CT molecular complexity index is 996. The van der Waals surface area contributed by atoms with Crippen molar-refractivity contribution >= 4 is 39.1 Å². The van der Waals surface area contributed by atoms with Gasteiger partial charge in [-0.15, -0.1) is 0 Å². The Hall–Kier alpha value is -2.95. The molecular formula is C16H19BrN8O2. The highest BCUT2D eigenvalue weighted by molar-refractivity contribution is 9.10. The van der Waals surface area contributed by atoms with Crippen LogP contribution in [-0.4, -0.2) is 41.2 Å². The van der Waals surface area contributed by atoms with Crippen LogP contribution in [0.25, 0.3) is 0 Å². The molecule has 0 aliphatic carbocycles. The molecule has 10 nitrogen and oxygen atoms in total. The van der Waals surface area contributed by atoms with Gasteiger partial charge in [-0.1, -0.05) is 0 Å². The largest absolute Gasteiger partial charge is 0.318 e. The average molecular weight is 435 g/mol. The van der Waals surface area contributed by atoms with Crippen LogP contribution in [0.2, 0.25) is 0 Å². The number of aryl methyl sites for hydroxylation is 3. The zero-order valence-electron chi connectivity index (χ0n) is 15.3. The molecule has 142 valence electrons. The Labute approximate surface area is 163 Å². The standard InChI is InChI=1S/C16H19BrN8O2/c1-5-25-14(16(27)21-11-7-19-23(3)9(11)2)12(8-20-25)22-15(26)13-10(17)6-18-24(13)4/h6-8H,5H2,1-4H3,(H,21,27)(H,22,26). The minimum atomic E-state index is -0.399. The van der Waals surface area contributed by atoms with Crippen LogP contribution >= 0.6 is 15.9 Å². The summed E-state index contributed by atoms with van der Waals surface area (Å²) in [6.45, 7) is 4.19. The minimum Gasteiger partial charge on any atom is -0.318 e. The van der Waals surface area contributed by atoms with Crippen LogP contribution in [0.1, 0.15) is 33.6 Å². The summed E-state index contributed by atoms with van der Waals surface area (Å²) in [7, 11) is 3.45. The Balaban J connectivity index is 1.89. The van der Waals surface area contributed by atoms with Gasteiger partial charge in [-0.2, -0.15) is 15.3 Å². The van der Waals surface area contributed by atoms with Gasteiger partial charge in [0.2, 0.25) is 0 Å². The van der Waals surface area contributed by atoms with E-state index in [0.717, 1.165) is 5.69 Å². The number of halogens is 1. The van der Waals surface area contributed by atoms with Crippen molar-refractivity contribution in [1.29, 1.82) is 0 Å². The minimum absolute atomic E-state index is 0.257. The van der Waals surface area contributed by atoms with Crippen LogP contribution in [0.3, 0.4) is 0 Å². The molecule has 0 bridgehead atoms. The number of rotatable bonds is 5. The number of nitrogens with zero attached hydrogens (tertiary/aromatic N) is 6. The first-order chi connectivity index (χ1) is 12.8. The molecule has 0 spiro atoms. The maximum Gasteiger partial charge on any atom is 0.276 e. The summed E-state index contributed by atoms with van der Waals surface area (Å²) in [5.74, 6) is -0.783. The third-order valence-electron chi connectivity index (χ3n) is 4.19. The highest BCUT2D eigenvalue weighted by Crippen LogP contribution is 2.22. The topological polar surface area (TPSA) is 112 Å². The van der Waals surface area contributed by atoms with Gasteiger partial charge in [0.1, 0.15) is 11.4 Å². The molecule has 3 aromatic heterocycles. The molecule has 2 N–H and O–H groups in total. The molecule has 3 heterocycles. The van der Waals surface area contributed by atoms with Gasteiger partial charge in [0, 0.05) is 20.6 Å². The molecule has 0 unspecified atom stereocenters. The normalized spacial score (nSPS) is 10.9. The molecule has 27 heavy (non-hydrogen) atoms. The summed E-state index contributed by atoms with van der Waals surface area (Å²) >= 11 is 3.30. The zero-order valence-corrected chi connectivity index (χ0v) is 16.9. The fourth-order valence-corrected chi connectivity index (χ4v) is 3.13. The van der Waals surface area contributed by atoms with Crippen LogP contribution in [0.4, 0.5) is 11.4 Å². The third-order valence-corrected chi connectivity index (χ3v) is 4.78. The monoisotopic (exact) mass is 434 g/mol. The number of hydrogen-bond donors (Lipinski definition) is 2. The lowest BCUT2D eigenvalue weighted by Gasteiger charge is -2.10. The summed E-state index contributed by atoms with van der Waals surface area (Å²) in [6, 6.07) is 0. The van der Waals surface area contributed by atoms with E-state index in [0.29, 0.717) is 28.1 Å². The summed E-state index contributed by atoms with van der Waals surface area (Å²) in [5, 5.41) is 17.9. The lowest BCUT2D eigenvalue weighted by Crippen LogP contribution is -2.22. The molecule has 3 aromatic rings. The molecule has 0 saturated heterocycles. The van der Waals surface area contributed by atoms with Crippen molar-refractivity contribution in [2.75, 3.05) is 10.6 Å². The Morgan fingerprint density at radius 2 is 1.56 bits per heavy atom. The van der Waals surface area contributed by atoms with Gasteiger partial charge in [-0.05, 0) is 29.8 Å². The van der Waals surface area contributed by atoms with Crippen LogP contribution in [0.15, 0.2) is 23.1 Å². The van der Waals surface area contributed by atoms with Crippen molar-refractivity contribution < 1.29 is 9.59 Å². The second kappa shape index (κ2) is 7.35. The molecule has 0 radical (unpaired) electrons. The van der Waals surface area contributed by atoms with Crippen LogP contribution in [-0.2, 0) is 20.6 Å². The third kappa shape index (κ3) is 3.50. The van der Waals surface area contributed by atoms with Crippen LogP contribution < -0.4 is 10.6 Å². The van der Waals surface area contributed by atoms with Crippen LogP contribution in [0, 0.1) is 6.92 Å². The van der Waals surface area contributed by atoms with Gasteiger partial charge < -0.3 is 10.6 Å². The predicted octanol–water partition coefficient (Wildman–Crippen LogP) is 1.95. The molecule has 0 aliphatic heterocycles. The Morgan fingerprint density at radius 3 is 2.11 bits per heavy atom. The highest BCUT2D eigenvalue weighted by atomic mass is 79.9. The van der Waals surface area contributed by atoms with Crippen molar-refractivity contribution in [2.24, 2.45) is 14.1 Å². The fraction of sp³-hybridized carbons (Fsp3) is 0.312. The SMILES string of the molecule is CCn1ncc(NC(=O)c2c(Br)cnn2C)c1C(=O)Nc1cnn(C)c1C. The van der Waals surface area contributed by atoms with E-state index >= 15 is 0 Å². The van der Waals surface area contributed by atoms with Crippen molar-refractivity contribution in [2.45, 2.75) is 20.4 Å². The van der Waals surface area contributed by atoms with Crippen molar-refractivity contribution in [3.8, 4) is 0 Å². The Morgan fingerprint density at radius 1 is 0.963 bits per heavy atom. The lowest BCUT2D eigenvalue weighted by molar-refractivity contribution is 0.101. The summed E-state index contributed by atoms with van der Waals surface area (Å²) in [5.41, 5.74) is 2.32. The maximum atomic E-state index is 12.9. The first-order valence-electron chi connectivity index (χ1n) is 8.18. The number of amides is 2. The highest BCUT2D eigenvalue weighted by Gasteiger charge is 2.23. The van der Waals surface area contributed by atoms with E-state index in [2.05, 4.69) is 41.9 Å². The second-order valence-corrected chi connectivity index (χ2v) is 6.72. The van der Waals surface area contributed by atoms with E-state index in [4.69, 9.17) is 0 Å². The molecule has 0 saturated carbocycles. The van der Waals surface area contributed by atoms with Gasteiger partial charge in [-0.25, -0.2) is 0 Å². The molecule has 0 fully saturated rings. The number of nitrogens with one attached hydrogen (secondary N) is 2. The van der Waals surface area contributed by atoms with E-state index < -0.39 is 5.91 Å². The molecule has 2 amide bonds. The van der Waals surface area contributed by atoms with E-state index in [1.807, 2.05) is 13.8 Å². The number of aromatic nitrogens is 6. The van der Waals surface area contributed by atoms with Crippen molar-refractivity contribution in [3.63, 3.8) is 0 Å². The molecule has 3 rings (SSSR count). The summed E-state index contributed by atoms with van der Waals surface area (Å²) in [6.07, 6.45) is 4.56. The maximum absolute atomic E-state index is 12.9. The van der Waals surface area contributed by atoms with Crippen molar-refractivity contribution in [1.82, 2.24) is 29.3 Å². The first kappa shape index (κ1) is 18.8. The smallest absolute Gasteiger partial charge is 0.276 e. The van der Waals surface area contributed by atoms with Gasteiger partial charge in [-0.3, -0.25) is 23.6 Å². The fourth-order valence-electron chi connectivity index (χ4n) is 2.61. The van der Waals surface area contributed by atoms with Gasteiger partial charge in [0.05, 0.1) is 40.1 Å². The van der Waals surface area contributed by atoms with E-state index in [1.165, 1.54) is 21.8 Å². The quantitative estimate of drug-likeness (QED) is 0.637. The van der Waals surface area contributed by atoms with E-state index in [1.54, 1.807) is 25.0 Å². The zero-order chi connectivity index (χ0) is 19.7. The number of carbonyl (C=O) groups excluding carboxylic acids is 2. The van der Waals surface area contributed by atoms with Crippen molar-refractivity contribution in [3.05, 3.63) is 40.1 Å². The molecule has 0 atom stereocenters. The molecule has 11 heteroatoms. The first-order valence-corrected chi connectivity index (χ1v) is 8.97. The van der Waals surface area contributed by atoms with Crippen LogP contribution in [0.5, 0.6) is 0 Å². The van der Waals surface area contributed by atoms with E-state index in [9.17, 15) is 9.59 Å². The Kier molecular flexibility index (Phi) is 5.13. The molecular weight excluding hydrogens is 416 g/mol. The number of anilines is 2. The second-order valence-electron chi connectivity index (χ2n) is 5.86. The predicted molar refractivity (Wildman–Crippen MR) is 103 cm³/mol. The molecule has 0 aliphatic rings. The summed E-state index contributed by atoms with van der Waals surface area (Å²) < 4.78 is 5.19. The summed E-state index contributed by atoms with van der Waals surface area (Å²) in [4.78, 5) is 25.5.